The monoisotopic (exact) mass is 460 g/mol. The van der Waals surface area contributed by atoms with Gasteiger partial charge in [-0.3, -0.25) is 19.1 Å². The van der Waals surface area contributed by atoms with Crippen molar-refractivity contribution in [3.05, 3.63) is 41.3 Å². The van der Waals surface area contributed by atoms with Crippen molar-refractivity contribution >= 4 is 18.1 Å². The summed E-state index contributed by atoms with van der Waals surface area (Å²) in [4.78, 5) is 30.2. The minimum atomic E-state index is -4.74. The van der Waals surface area contributed by atoms with Gasteiger partial charge in [0, 0.05) is 20.2 Å². The number of aromatic nitrogens is 2. The van der Waals surface area contributed by atoms with E-state index in [4.69, 9.17) is 9.84 Å². The van der Waals surface area contributed by atoms with Gasteiger partial charge in [0.1, 0.15) is 12.4 Å². The van der Waals surface area contributed by atoms with Crippen LogP contribution in [0.5, 0.6) is 6.01 Å². The molecular formula is C20H24F4N4O4. The van der Waals surface area contributed by atoms with Crippen LogP contribution in [0.15, 0.2) is 24.3 Å². The van der Waals surface area contributed by atoms with Gasteiger partial charge >= 0.3 is 6.18 Å². The fourth-order valence-electron chi connectivity index (χ4n) is 2.94. The van der Waals surface area contributed by atoms with Crippen molar-refractivity contribution in [2.45, 2.75) is 26.1 Å². The van der Waals surface area contributed by atoms with Crippen LogP contribution in [0.2, 0.25) is 0 Å². The first-order valence-electron chi connectivity index (χ1n) is 9.74. The molecule has 0 aliphatic rings. The van der Waals surface area contributed by atoms with E-state index in [1.165, 1.54) is 40.8 Å². The molecule has 8 nitrogen and oxygen atoms in total. The number of halogens is 4. The summed E-state index contributed by atoms with van der Waals surface area (Å²) in [5, 5.41) is 9.04. The summed E-state index contributed by atoms with van der Waals surface area (Å²) in [5.41, 5.74) is 0.228. The molecule has 0 bridgehead atoms. The number of benzene rings is 1. The van der Waals surface area contributed by atoms with Gasteiger partial charge in [-0.25, -0.2) is 4.39 Å². The van der Waals surface area contributed by atoms with Crippen LogP contribution >= 0.6 is 0 Å². The maximum atomic E-state index is 13.3. The molecule has 0 aliphatic carbocycles. The van der Waals surface area contributed by atoms with E-state index >= 15 is 0 Å². The Labute approximate surface area is 182 Å². The molecule has 0 saturated heterocycles. The Morgan fingerprint density at radius 2 is 1.94 bits per heavy atom. The summed E-state index contributed by atoms with van der Waals surface area (Å²) >= 11 is 0. The van der Waals surface area contributed by atoms with Crippen molar-refractivity contribution in [3.8, 4) is 6.01 Å². The predicted octanol–water partition coefficient (Wildman–Crippen LogP) is 2.45. The minimum Gasteiger partial charge on any atom is -0.465 e. The van der Waals surface area contributed by atoms with Crippen LogP contribution in [-0.4, -0.2) is 71.4 Å². The molecule has 0 fully saturated rings. The molecule has 1 N–H and O–H groups in total. The number of rotatable bonds is 11. The van der Waals surface area contributed by atoms with E-state index in [1.807, 2.05) is 0 Å². The second-order valence-electron chi connectivity index (χ2n) is 6.86. The van der Waals surface area contributed by atoms with Gasteiger partial charge < -0.3 is 14.7 Å². The first-order valence-corrected chi connectivity index (χ1v) is 9.74. The van der Waals surface area contributed by atoms with Gasteiger partial charge in [0.2, 0.25) is 6.41 Å². The van der Waals surface area contributed by atoms with Crippen LogP contribution in [0.4, 0.5) is 23.4 Å². The third-order valence-corrected chi connectivity index (χ3v) is 4.39. The molecule has 176 valence electrons. The normalized spacial score (nSPS) is 11.3. The lowest BCUT2D eigenvalue weighted by molar-refractivity contribution is -0.126. The molecule has 0 unspecified atom stereocenters. The number of ether oxygens (including phenoxy) is 1. The molecule has 0 radical (unpaired) electrons. The van der Waals surface area contributed by atoms with Gasteiger partial charge in [0.05, 0.1) is 13.2 Å². The number of hydrogen-bond acceptors (Lipinski definition) is 5. The molecule has 2 amide bonds. The third-order valence-electron chi connectivity index (χ3n) is 4.39. The van der Waals surface area contributed by atoms with Gasteiger partial charge in [-0.2, -0.15) is 18.2 Å². The average molecular weight is 460 g/mol. The summed E-state index contributed by atoms with van der Waals surface area (Å²) in [6.45, 7) is -0.0990. The fraction of sp³-hybridized carbons (Fsp3) is 0.450. The number of amides is 2. The predicted molar refractivity (Wildman–Crippen MR) is 107 cm³/mol. The fourth-order valence-corrected chi connectivity index (χ4v) is 2.94. The van der Waals surface area contributed by atoms with E-state index in [1.54, 1.807) is 6.92 Å². The van der Waals surface area contributed by atoms with Crippen LogP contribution in [0.3, 0.4) is 0 Å². The number of aliphatic hydroxyl groups excluding tert-OH is 1. The van der Waals surface area contributed by atoms with Gasteiger partial charge in [-0.1, -0.05) is 12.1 Å². The molecule has 1 heterocycles. The van der Waals surface area contributed by atoms with E-state index in [0.29, 0.717) is 5.56 Å². The molecule has 12 heteroatoms. The Kier molecular flexibility index (Phi) is 8.58. The molecule has 1 aromatic heterocycles. The lowest BCUT2D eigenvalue weighted by atomic mass is 10.2. The number of carbonyl (C=O) groups is 2. The maximum absolute atomic E-state index is 13.3. The summed E-state index contributed by atoms with van der Waals surface area (Å²) < 4.78 is 59.1. The number of hydrogen-bond donors (Lipinski definition) is 1. The largest absolute Gasteiger partial charge is 0.465 e. The Morgan fingerprint density at radius 1 is 1.28 bits per heavy atom. The Morgan fingerprint density at radius 3 is 2.47 bits per heavy atom. The van der Waals surface area contributed by atoms with Crippen LogP contribution in [0.1, 0.15) is 29.4 Å². The van der Waals surface area contributed by atoms with Crippen molar-refractivity contribution in [1.29, 1.82) is 0 Å². The second-order valence-corrected chi connectivity index (χ2v) is 6.86. The number of carbonyl (C=O) groups excluding carboxylic acids is 2. The van der Waals surface area contributed by atoms with Crippen molar-refractivity contribution in [2.75, 3.05) is 38.3 Å². The standard InChI is InChI=1S/C20H24F4N4O4/c1-3-32-19-25-17(27(13-30)12-20(22,23)24)16(18(31)26(2)9-4-10-29)28(19)11-14-5-7-15(21)8-6-14/h5-8,13,29H,3-4,9-12H2,1-2H3. The quantitative estimate of drug-likeness (QED) is 0.411. The second kappa shape index (κ2) is 10.9. The van der Waals surface area contributed by atoms with E-state index in [2.05, 4.69) is 4.98 Å². The van der Waals surface area contributed by atoms with Crippen LogP contribution in [-0.2, 0) is 11.3 Å². The first kappa shape index (κ1) is 25.1. The summed E-state index contributed by atoms with van der Waals surface area (Å²) in [6.07, 6.45) is -4.56. The molecule has 0 aliphatic heterocycles. The molecule has 2 rings (SSSR count). The average Bonchev–Trinajstić information content (AvgIpc) is 3.08. The van der Waals surface area contributed by atoms with Crippen LogP contribution in [0, 0.1) is 5.82 Å². The van der Waals surface area contributed by atoms with E-state index in [9.17, 15) is 27.2 Å². The highest BCUT2D eigenvalue weighted by molar-refractivity contribution is 5.99. The smallest absolute Gasteiger partial charge is 0.406 e. The zero-order valence-corrected chi connectivity index (χ0v) is 17.6. The zero-order valence-electron chi connectivity index (χ0n) is 17.6. The third kappa shape index (κ3) is 6.42. The first-order chi connectivity index (χ1) is 15.1. The minimum absolute atomic E-state index is 0.0573. The summed E-state index contributed by atoms with van der Waals surface area (Å²) in [7, 11) is 1.41. The lowest BCUT2D eigenvalue weighted by Gasteiger charge is -2.22. The number of anilines is 1. The lowest BCUT2D eigenvalue weighted by Crippen LogP contribution is -2.36. The summed E-state index contributed by atoms with van der Waals surface area (Å²) in [6, 6.07) is 5.12. The highest BCUT2D eigenvalue weighted by Crippen LogP contribution is 2.30. The van der Waals surface area contributed by atoms with Crippen molar-refractivity contribution in [3.63, 3.8) is 0 Å². The molecule has 0 saturated carbocycles. The Bertz CT molecular complexity index is 916. The van der Waals surface area contributed by atoms with Gasteiger partial charge in [0.15, 0.2) is 11.5 Å². The van der Waals surface area contributed by atoms with Crippen molar-refractivity contribution < 1.29 is 37.0 Å². The zero-order chi connectivity index (χ0) is 23.9. The van der Waals surface area contributed by atoms with Crippen molar-refractivity contribution in [2.24, 2.45) is 0 Å². The molecule has 0 atom stereocenters. The molecule has 32 heavy (non-hydrogen) atoms. The summed E-state index contributed by atoms with van der Waals surface area (Å²) in [5.74, 6) is -1.71. The van der Waals surface area contributed by atoms with E-state index in [-0.39, 0.29) is 55.7 Å². The van der Waals surface area contributed by atoms with Crippen LogP contribution in [0.25, 0.3) is 0 Å². The Balaban J connectivity index is 2.63. The van der Waals surface area contributed by atoms with E-state index < -0.39 is 30.3 Å². The maximum Gasteiger partial charge on any atom is 0.406 e. The van der Waals surface area contributed by atoms with Gasteiger partial charge in [0.25, 0.3) is 11.9 Å². The highest BCUT2D eigenvalue weighted by atomic mass is 19.4. The number of aliphatic hydroxyl groups is 1. The number of nitrogens with zero attached hydrogens (tertiary/aromatic N) is 4. The van der Waals surface area contributed by atoms with Gasteiger partial charge in [-0.05, 0) is 31.0 Å². The van der Waals surface area contributed by atoms with Crippen molar-refractivity contribution in [1.82, 2.24) is 14.5 Å². The Hall–Kier alpha value is -3.15. The number of imidazole rings is 1. The molecule has 1 aromatic carbocycles. The van der Waals surface area contributed by atoms with Gasteiger partial charge in [-0.15, -0.1) is 0 Å². The highest BCUT2D eigenvalue weighted by Gasteiger charge is 2.36. The SMILES string of the molecule is CCOc1nc(N(C=O)CC(F)(F)F)c(C(=O)N(C)CCCO)n1Cc1ccc(F)cc1. The van der Waals surface area contributed by atoms with E-state index in [0.717, 1.165) is 0 Å². The molecule has 2 aromatic rings. The van der Waals surface area contributed by atoms with Crippen LogP contribution < -0.4 is 9.64 Å². The molecular weight excluding hydrogens is 436 g/mol. The topological polar surface area (TPSA) is 87.9 Å². The molecule has 0 spiro atoms. The number of alkyl halides is 3.